The third kappa shape index (κ3) is 3.90. The smallest absolute Gasteiger partial charge is 0.282 e. The molecule has 2 heterocycles. The standard InChI is InChI=1S/C27H21FN4O2/c28-20-7-5-19(6-8-20)24-25(30-21-9-13-22(14-10-21)31-15-1-2-16-31)27(34)32(26(24)33)23-11-3-18(17-29)4-12-23/h3-14,30H,1-2,15-16H2. The topological polar surface area (TPSA) is 76.4 Å². The summed E-state index contributed by atoms with van der Waals surface area (Å²) in [5.41, 5.74) is 3.28. The van der Waals surface area contributed by atoms with Gasteiger partial charge in [0.25, 0.3) is 11.8 Å². The molecule has 0 aromatic heterocycles. The molecule has 1 fully saturated rings. The second kappa shape index (κ2) is 8.83. The van der Waals surface area contributed by atoms with E-state index in [1.54, 1.807) is 24.3 Å². The van der Waals surface area contributed by atoms with E-state index in [2.05, 4.69) is 10.2 Å². The number of hydrogen-bond acceptors (Lipinski definition) is 5. The fourth-order valence-corrected chi connectivity index (χ4v) is 4.32. The molecule has 1 saturated heterocycles. The predicted molar refractivity (Wildman–Crippen MR) is 128 cm³/mol. The lowest BCUT2D eigenvalue weighted by Gasteiger charge is -2.18. The van der Waals surface area contributed by atoms with E-state index in [1.807, 2.05) is 30.3 Å². The van der Waals surface area contributed by atoms with Crippen LogP contribution in [0.1, 0.15) is 24.0 Å². The number of nitrogens with one attached hydrogen (secondary N) is 1. The molecule has 0 aliphatic carbocycles. The Hall–Kier alpha value is -4.44. The number of carbonyl (C=O) groups excluding carboxylic acids is 2. The van der Waals surface area contributed by atoms with Gasteiger partial charge in [0, 0.05) is 24.5 Å². The van der Waals surface area contributed by atoms with Gasteiger partial charge in [-0.05, 0) is 79.1 Å². The van der Waals surface area contributed by atoms with Gasteiger partial charge in [-0.1, -0.05) is 12.1 Å². The summed E-state index contributed by atoms with van der Waals surface area (Å²) in [4.78, 5) is 30.2. The number of carbonyl (C=O) groups is 2. The molecule has 0 spiro atoms. The molecule has 2 aliphatic heterocycles. The first-order chi connectivity index (χ1) is 16.5. The fourth-order valence-electron chi connectivity index (χ4n) is 4.32. The van der Waals surface area contributed by atoms with Crippen LogP contribution in [0.3, 0.4) is 0 Å². The van der Waals surface area contributed by atoms with Crippen molar-refractivity contribution >= 4 is 34.4 Å². The molecule has 5 rings (SSSR count). The van der Waals surface area contributed by atoms with Crippen LogP contribution in [-0.4, -0.2) is 24.9 Å². The third-order valence-corrected chi connectivity index (χ3v) is 6.08. The Bertz CT molecular complexity index is 1320. The van der Waals surface area contributed by atoms with Gasteiger partial charge < -0.3 is 10.2 Å². The Morgan fingerprint density at radius 1 is 0.794 bits per heavy atom. The van der Waals surface area contributed by atoms with E-state index in [1.165, 1.54) is 37.1 Å². The van der Waals surface area contributed by atoms with Crippen molar-refractivity contribution in [3.05, 3.63) is 95.4 Å². The maximum absolute atomic E-state index is 13.5. The Kier molecular flexibility index (Phi) is 5.56. The quantitative estimate of drug-likeness (QED) is 0.568. The zero-order valence-corrected chi connectivity index (χ0v) is 18.3. The van der Waals surface area contributed by atoms with E-state index < -0.39 is 17.6 Å². The van der Waals surface area contributed by atoms with Crippen LogP contribution in [0.15, 0.2) is 78.5 Å². The van der Waals surface area contributed by atoms with Crippen LogP contribution in [0.4, 0.5) is 21.5 Å². The molecule has 2 aliphatic rings. The van der Waals surface area contributed by atoms with Crippen LogP contribution in [0.5, 0.6) is 0 Å². The lowest BCUT2D eigenvalue weighted by Crippen LogP contribution is -2.32. The maximum atomic E-state index is 13.5. The summed E-state index contributed by atoms with van der Waals surface area (Å²) in [7, 11) is 0. The Morgan fingerprint density at radius 3 is 2.03 bits per heavy atom. The monoisotopic (exact) mass is 452 g/mol. The molecule has 1 N–H and O–H groups in total. The van der Waals surface area contributed by atoms with Gasteiger partial charge in [0.05, 0.1) is 22.9 Å². The van der Waals surface area contributed by atoms with E-state index in [0.717, 1.165) is 23.7 Å². The number of nitriles is 1. The van der Waals surface area contributed by atoms with E-state index in [4.69, 9.17) is 5.26 Å². The van der Waals surface area contributed by atoms with Crippen LogP contribution in [0.25, 0.3) is 5.57 Å². The van der Waals surface area contributed by atoms with Gasteiger partial charge in [0.2, 0.25) is 0 Å². The highest BCUT2D eigenvalue weighted by molar-refractivity contribution is 6.46. The number of amides is 2. The van der Waals surface area contributed by atoms with Gasteiger partial charge >= 0.3 is 0 Å². The number of benzene rings is 3. The lowest BCUT2D eigenvalue weighted by atomic mass is 10.0. The average Bonchev–Trinajstić information content (AvgIpc) is 3.48. The second-order valence-electron chi connectivity index (χ2n) is 8.23. The average molecular weight is 452 g/mol. The second-order valence-corrected chi connectivity index (χ2v) is 8.23. The summed E-state index contributed by atoms with van der Waals surface area (Å²) in [6, 6.07) is 21.5. The summed E-state index contributed by atoms with van der Waals surface area (Å²) in [5, 5.41) is 12.2. The lowest BCUT2D eigenvalue weighted by molar-refractivity contribution is -0.120. The number of nitrogens with zero attached hydrogens (tertiary/aromatic N) is 3. The minimum Gasteiger partial charge on any atom is -0.372 e. The highest BCUT2D eigenvalue weighted by atomic mass is 19.1. The normalized spacial score (nSPS) is 15.8. The van der Waals surface area contributed by atoms with Gasteiger partial charge in [-0.3, -0.25) is 9.59 Å². The number of halogens is 1. The number of anilines is 3. The third-order valence-electron chi connectivity index (χ3n) is 6.08. The molecule has 0 saturated carbocycles. The molecule has 3 aromatic carbocycles. The van der Waals surface area contributed by atoms with Gasteiger partial charge in [-0.15, -0.1) is 0 Å². The number of rotatable bonds is 5. The first-order valence-corrected chi connectivity index (χ1v) is 11.1. The van der Waals surface area contributed by atoms with Gasteiger partial charge in [-0.2, -0.15) is 5.26 Å². The zero-order valence-electron chi connectivity index (χ0n) is 18.3. The Labute approximate surface area is 196 Å². The molecule has 0 unspecified atom stereocenters. The highest BCUT2D eigenvalue weighted by Crippen LogP contribution is 2.34. The van der Waals surface area contributed by atoms with E-state index in [9.17, 15) is 14.0 Å². The molecule has 7 heteroatoms. The van der Waals surface area contributed by atoms with Crippen LogP contribution >= 0.6 is 0 Å². The molecule has 0 radical (unpaired) electrons. The highest BCUT2D eigenvalue weighted by Gasteiger charge is 2.40. The largest absolute Gasteiger partial charge is 0.372 e. The van der Waals surface area contributed by atoms with Crippen molar-refractivity contribution in [3.63, 3.8) is 0 Å². The molecule has 0 atom stereocenters. The van der Waals surface area contributed by atoms with Crippen LogP contribution in [0.2, 0.25) is 0 Å². The van der Waals surface area contributed by atoms with Crippen molar-refractivity contribution < 1.29 is 14.0 Å². The van der Waals surface area contributed by atoms with Crippen molar-refractivity contribution in [1.82, 2.24) is 0 Å². The van der Waals surface area contributed by atoms with Gasteiger partial charge in [0.15, 0.2) is 0 Å². The predicted octanol–water partition coefficient (Wildman–Crippen LogP) is 4.69. The van der Waals surface area contributed by atoms with E-state index in [0.29, 0.717) is 22.5 Å². The minimum absolute atomic E-state index is 0.120. The first kappa shape index (κ1) is 21.4. The number of hydrogen-bond donors (Lipinski definition) is 1. The molecular formula is C27H21FN4O2. The van der Waals surface area contributed by atoms with E-state index in [-0.39, 0.29) is 11.3 Å². The summed E-state index contributed by atoms with van der Waals surface area (Å²) >= 11 is 0. The number of imide groups is 1. The van der Waals surface area contributed by atoms with Crippen molar-refractivity contribution in [3.8, 4) is 6.07 Å². The molecule has 2 amide bonds. The molecular weight excluding hydrogens is 431 g/mol. The molecule has 6 nitrogen and oxygen atoms in total. The van der Waals surface area contributed by atoms with E-state index >= 15 is 0 Å². The minimum atomic E-state index is -0.516. The molecule has 0 bridgehead atoms. The van der Waals surface area contributed by atoms with Gasteiger partial charge in [-0.25, -0.2) is 9.29 Å². The Morgan fingerprint density at radius 2 is 1.41 bits per heavy atom. The van der Waals surface area contributed by atoms with Crippen molar-refractivity contribution in [2.45, 2.75) is 12.8 Å². The summed E-state index contributed by atoms with van der Waals surface area (Å²) < 4.78 is 13.5. The molecule has 3 aromatic rings. The van der Waals surface area contributed by atoms with Crippen molar-refractivity contribution in [2.24, 2.45) is 0 Å². The van der Waals surface area contributed by atoms with Crippen molar-refractivity contribution in [2.75, 3.05) is 28.2 Å². The SMILES string of the molecule is N#Cc1ccc(N2C(=O)C(Nc3ccc(N4CCCC4)cc3)=C(c3ccc(F)cc3)C2=O)cc1. The van der Waals surface area contributed by atoms with Crippen LogP contribution in [-0.2, 0) is 9.59 Å². The maximum Gasteiger partial charge on any atom is 0.282 e. The molecule has 168 valence electrons. The Balaban J connectivity index is 1.51. The summed E-state index contributed by atoms with van der Waals surface area (Å²) in [5.74, 6) is -1.47. The summed E-state index contributed by atoms with van der Waals surface area (Å²) in [6.45, 7) is 2.05. The van der Waals surface area contributed by atoms with Crippen LogP contribution < -0.4 is 15.1 Å². The zero-order chi connectivity index (χ0) is 23.7. The van der Waals surface area contributed by atoms with Gasteiger partial charge in [0.1, 0.15) is 11.5 Å². The summed E-state index contributed by atoms with van der Waals surface area (Å²) in [6.07, 6.45) is 2.35. The fraction of sp³-hybridized carbons (Fsp3) is 0.148. The van der Waals surface area contributed by atoms with Crippen molar-refractivity contribution in [1.29, 1.82) is 5.26 Å². The van der Waals surface area contributed by atoms with Crippen LogP contribution in [0, 0.1) is 17.1 Å². The first-order valence-electron chi connectivity index (χ1n) is 11.1. The molecule has 34 heavy (non-hydrogen) atoms.